The fourth-order valence-electron chi connectivity index (χ4n) is 2.56. The molecule has 1 N–H and O–H groups in total. The van der Waals surface area contributed by atoms with E-state index in [1.807, 2.05) is 26.1 Å². The van der Waals surface area contributed by atoms with Gasteiger partial charge in [0.1, 0.15) is 0 Å². The zero-order valence-corrected chi connectivity index (χ0v) is 13.6. The van der Waals surface area contributed by atoms with Gasteiger partial charge in [-0.1, -0.05) is 6.92 Å². The first-order chi connectivity index (χ1) is 10.4. The average molecular weight is 301 g/mol. The standard InChI is InChI=1S/C17H23N3O2/c1-12-7-19-14-8-18-6-5-13(14)15(12)20-9-17(4)10-21-16(2,3)22-11-17/h5-8H,9-11H2,1-4H3,(H,19,20). The lowest BCUT2D eigenvalue weighted by atomic mass is 9.91. The number of aryl methyl sites for hydroxylation is 1. The molecule has 3 heterocycles. The van der Waals surface area contributed by atoms with E-state index in [1.165, 1.54) is 0 Å². The Morgan fingerprint density at radius 1 is 1.18 bits per heavy atom. The van der Waals surface area contributed by atoms with Crippen LogP contribution in [-0.2, 0) is 9.47 Å². The third-order valence-corrected chi connectivity index (χ3v) is 4.09. The van der Waals surface area contributed by atoms with Crippen molar-refractivity contribution in [1.82, 2.24) is 9.97 Å². The second-order valence-corrected chi connectivity index (χ2v) is 6.85. The smallest absolute Gasteiger partial charge is 0.162 e. The molecular formula is C17H23N3O2. The van der Waals surface area contributed by atoms with Crippen molar-refractivity contribution in [2.45, 2.75) is 33.5 Å². The molecular weight excluding hydrogens is 278 g/mol. The molecule has 0 spiro atoms. The van der Waals surface area contributed by atoms with Crippen LogP contribution in [0.1, 0.15) is 26.3 Å². The van der Waals surface area contributed by atoms with Gasteiger partial charge in [-0.25, -0.2) is 0 Å². The van der Waals surface area contributed by atoms with Gasteiger partial charge in [-0.05, 0) is 32.4 Å². The number of ether oxygens (including phenoxy) is 2. The number of nitrogens with zero attached hydrogens (tertiary/aromatic N) is 2. The molecule has 0 saturated carbocycles. The molecule has 5 nitrogen and oxygen atoms in total. The van der Waals surface area contributed by atoms with Crippen LogP contribution in [-0.4, -0.2) is 35.5 Å². The molecule has 1 aliphatic rings. The van der Waals surface area contributed by atoms with Crippen molar-refractivity contribution < 1.29 is 9.47 Å². The molecule has 0 radical (unpaired) electrons. The van der Waals surface area contributed by atoms with E-state index < -0.39 is 5.79 Å². The van der Waals surface area contributed by atoms with Gasteiger partial charge in [0.2, 0.25) is 0 Å². The Hall–Kier alpha value is -1.72. The van der Waals surface area contributed by atoms with Crippen molar-refractivity contribution in [3.8, 4) is 0 Å². The first-order valence-electron chi connectivity index (χ1n) is 7.60. The third kappa shape index (κ3) is 3.05. The number of hydrogen-bond acceptors (Lipinski definition) is 5. The molecule has 22 heavy (non-hydrogen) atoms. The van der Waals surface area contributed by atoms with Gasteiger partial charge in [-0.2, -0.15) is 0 Å². The van der Waals surface area contributed by atoms with Gasteiger partial charge in [0.05, 0.1) is 24.9 Å². The van der Waals surface area contributed by atoms with Crippen LogP contribution in [0, 0.1) is 12.3 Å². The van der Waals surface area contributed by atoms with E-state index in [0.29, 0.717) is 13.2 Å². The molecule has 0 aliphatic carbocycles. The summed E-state index contributed by atoms with van der Waals surface area (Å²) in [5.74, 6) is -0.482. The maximum Gasteiger partial charge on any atom is 0.162 e. The van der Waals surface area contributed by atoms with Gasteiger partial charge in [-0.15, -0.1) is 0 Å². The van der Waals surface area contributed by atoms with Gasteiger partial charge in [0.25, 0.3) is 0 Å². The monoisotopic (exact) mass is 301 g/mol. The minimum Gasteiger partial charge on any atom is -0.384 e. The fraction of sp³-hybridized carbons (Fsp3) is 0.529. The predicted octanol–water partition coefficient (Wildman–Crippen LogP) is 3.14. The Bertz CT molecular complexity index is 675. The number of nitrogens with one attached hydrogen (secondary N) is 1. The quantitative estimate of drug-likeness (QED) is 0.944. The van der Waals surface area contributed by atoms with E-state index >= 15 is 0 Å². The summed E-state index contributed by atoms with van der Waals surface area (Å²) >= 11 is 0. The molecule has 0 amide bonds. The second-order valence-electron chi connectivity index (χ2n) is 6.85. The van der Waals surface area contributed by atoms with Crippen molar-refractivity contribution in [2.75, 3.05) is 25.1 Å². The number of aromatic nitrogens is 2. The van der Waals surface area contributed by atoms with Crippen molar-refractivity contribution in [1.29, 1.82) is 0 Å². The highest BCUT2D eigenvalue weighted by molar-refractivity contribution is 5.92. The summed E-state index contributed by atoms with van der Waals surface area (Å²) < 4.78 is 11.6. The normalized spacial score (nSPS) is 20.0. The van der Waals surface area contributed by atoms with E-state index in [0.717, 1.165) is 28.7 Å². The number of pyridine rings is 2. The van der Waals surface area contributed by atoms with Crippen molar-refractivity contribution in [3.63, 3.8) is 0 Å². The van der Waals surface area contributed by atoms with E-state index in [4.69, 9.17) is 9.47 Å². The summed E-state index contributed by atoms with van der Waals surface area (Å²) in [5, 5.41) is 4.66. The van der Waals surface area contributed by atoms with Crippen LogP contribution in [0.15, 0.2) is 24.7 Å². The van der Waals surface area contributed by atoms with Gasteiger partial charge in [0, 0.05) is 35.4 Å². The molecule has 5 heteroatoms. The van der Waals surface area contributed by atoms with Crippen LogP contribution >= 0.6 is 0 Å². The van der Waals surface area contributed by atoms with Crippen molar-refractivity contribution in [2.24, 2.45) is 5.41 Å². The van der Waals surface area contributed by atoms with Crippen LogP contribution in [0.25, 0.3) is 10.9 Å². The summed E-state index contributed by atoms with van der Waals surface area (Å²) in [6.45, 7) is 10.3. The molecule has 1 fully saturated rings. The molecule has 0 bridgehead atoms. The minimum atomic E-state index is -0.482. The Morgan fingerprint density at radius 2 is 1.91 bits per heavy atom. The van der Waals surface area contributed by atoms with E-state index in [1.54, 1.807) is 12.4 Å². The zero-order chi connectivity index (χ0) is 15.8. The first-order valence-corrected chi connectivity index (χ1v) is 7.60. The summed E-state index contributed by atoms with van der Waals surface area (Å²) in [5.41, 5.74) is 3.08. The van der Waals surface area contributed by atoms with Gasteiger partial charge in [0.15, 0.2) is 5.79 Å². The number of rotatable bonds is 3. The van der Waals surface area contributed by atoms with Crippen LogP contribution in [0.2, 0.25) is 0 Å². The Kier molecular flexibility index (Phi) is 3.78. The Labute approximate surface area is 131 Å². The van der Waals surface area contributed by atoms with E-state index in [2.05, 4.69) is 29.1 Å². The highest BCUT2D eigenvalue weighted by atomic mass is 16.7. The summed E-state index contributed by atoms with van der Waals surface area (Å²) in [6.07, 6.45) is 5.47. The van der Waals surface area contributed by atoms with E-state index in [9.17, 15) is 0 Å². The molecule has 1 aliphatic heterocycles. The van der Waals surface area contributed by atoms with Gasteiger partial charge >= 0.3 is 0 Å². The van der Waals surface area contributed by atoms with Crippen LogP contribution in [0.5, 0.6) is 0 Å². The number of anilines is 1. The highest BCUT2D eigenvalue weighted by Gasteiger charge is 2.36. The number of hydrogen-bond donors (Lipinski definition) is 1. The largest absolute Gasteiger partial charge is 0.384 e. The van der Waals surface area contributed by atoms with Crippen LogP contribution in [0.3, 0.4) is 0 Å². The molecule has 2 aromatic rings. The maximum absolute atomic E-state index is 5.80. The zero-order valence-electron chi connectivity index (χ0n) is 13.6. The van der Waals surface area contributed by atoms with Crippen molar-refractivity contribution >= 4 is 16.6 Å². The van der Waals surface area contributed by atoms with Crippen molar-refractivity contribution in [3.05, 3.63) is 30.2 Å². The predicted molar refractivity (Wildman–Crippen MR) is 86.9 cm³/mol. The van der Waals surface area contributed by atoms with Gasteiger partial charge < -0.3 is 14.8 Å². The Morgan fingerprint density at radius 3 is 2.64 bits per heavy atom. The summed E-state index contributed by atoms with van der Waals surface area (Å²) in [6, 6.07) is 2.00. The lowest BCUT2D eigenvalue weighted by Crippen LogP contribution is -2.48. The van der Waals surface area contributed by atoms with Crippen LogP contribution < -0.4 is 5.32 Å². The molecule has 1 saturated heterocycles. The molecule has 0 aromatic carbocycles. The maximum atomic E-state index is 5.80. The third-order valence-electron chi connectivity index (χ3n) is 4.09. The fourth-order valence-corrected chi connectivity index (χ4v) is 2.56. The summed E-state index contributed by atoms with van der Waals surface area (Å²) in [4.78, 5) is 8.55. The molecule has 0 unspecified atom stereocenters. The lowest BCUT2D eigenvalue weighted by Gasteiger charge is -2.41. The van der Waals surface area contributed by atoms with Crippen LogP contribution in [0.4, 0.5) is 5.69 Å². The molecule has 3 rings (SSSR count). The first kappa shape index (κ1) is 15.2. The van der Waals surface area contributed by atoms with E-state index in [-0.39, 0.29) is 5.41 Å². The molecule has 118 valence electrons. The number of fused-ring (bicyclic) bond motifs is 1. The minimum absolute atomic E-state index is 0.0510. The summed E-state index contributed by atoms with van der Waals surface area (Å²) in [7, 11) is 0. The van der Waals surface area contributed by atoms with Gasteiger partial charge in [-0.3, -0.25) is 9.97 Å². The SMILES string of the molecule is Cc1cnc2cnccc2c1NCC1(C)COC(C)(C)OC1. The molecule has 0 atom stereocenters. The average Bonchev–Trinajstić information content (AvgIpc) is 2.50. The molecule has 2 aromatic heterocycles. The lowest BCUT2D eigenvalue weighted by molar-refractivity contribution is -0.279. The topological polar surface area (TPSA) is 56.3 Å². The Balaban J connectivity index is 1.78. The second kappa shape index (κ2) is 5.48. The highest BCUT2D eigenvalue weighted by Crippen LogP contribution is 2.31.